The van der Waals surface area contributed by atoms with E-state index in [1.54, 1.807) is 4.52 Å². The molecule has 0 saturated carbocycles. The summed E-state index contributed by atoms with van der Waals surface area (Å²) >= 11 is 0. The van der Waals surface area contributed by atoms with Crippen LogP contribution < -0.4 is 5.32 Å². The van der Waals surface area contributed by atoms with Crippen LogP contribution in [0.15, 0.2) is 54.6 Å². The number of rotatable bonds is 4. The first-order valence-corrected chi connectivity index (χ1v) is 9.16. The fourth-order valence-electron chi connectivity index (χ4n) is 3.24. The summed E-state index contributed by atoms with van der Waals surface area (Å²) in [6, 6.07) is 17.5. The van der Waals surface area contributed by atoms with Crippen LogP contribution in [0.1, 0.15) is 22.5 Å². The van der Waals surface area contributed by atoms with Gasteiger partial charge in [0.2, 0.25) is 5.91 Å². The highest BCUT2D eigenvalue weighted by molar-refractivity contribution is 5.93. The fraction of sp³-hybridized carbons (Fsp3) is 0.182. The number of fused-ring (bicyclic) bond motifs is 1. The Bertz CT molecular complexity index is 1160. The Balaban J connectivity index is 1.66. The molecular formula is C22H21N5O. The monoisotopic (exact) mass is 371 g/mol. The minimum Gasteiger partial charge on any atom is -0.326 e. The molecule has 2 heterocycles. The van der Waals surface area contributed by atoms with E-state index in [0.29, 0.717) is 11.6 Å². The maximum Gasteiger partial charge on any atom is 0.253 e. The van der Waals surface area contributed by atoms with E-state index in [4.69, 9.17) is 0 Å². The molecular weight excluding hydrogens is 350 g/mol. The van der Waals surface area contributed by atoms with E-state index in [9.17, 15) is 4.79 Å². The third kappa shape index (κ3) is 3.36. The predicted molar refractivity (Wildman–Crippen MR) is 109 cm³/mol. The van der Waals surface area contributed by atoms with Crippen LogP contribution in [-0.4, -0.2) is 25.5 Å². The summed E-state index contributed by atoms with van der Waals surface area (Å²) in [6.07, 6.45) is 0.232. The highest BCUT2D eigenvalue weighted by Crippen LogP contribution is 2.20. The minimum atomic E-state index is -0.0787. The van der Waals surface area contributed by atoms with Gasteiger partial charge in [0.25, 0.3) is 5.78 Å². The smallest absolute Gasteiger partial charge is 0.253 e. The van der Waals surface area contributed by atoms with Crippen molar-refractivity contribution in [2.75, 3.05) is 5.32 Å². The molecule has 140 valence electrons. The number of nitrogens with one attached hydrogen (secondary N) is 1. The molecule has 4 aromatic rings. The normalized spacial score (nSPS) is 11.0. The lowest BCUT2D eigenvalue weighted by atomic mass is 10.1. The van der Waals surface area contributed by atoms with Gasteiger partial charge >= 0.3 is 0 Å². The summed E-state index contributed by atoms with van der Waals surface area (Å²) < 4.78 is 1.71. The van der Waals surface area contributed by atoms with Crippen molar-refractivity contribution in [2.45, 2.75) is 27.2 Å². The SMILES string of the molecule is Cc1ccccc1NC(=O)Cc1c(C)nc2nc(-c3ccccc3)nn2c1C. The molecule has 2 aromatic carbocycles. The fourth-order valence-corrected chi connectivity index (χ4v) is 3.24. The van der Waals surface area contributed by atoms with Crippen molar-refractivity contribution in [1.29, 1.82) is 0 Å². The van der Waals surface area contributed by atoms with Gasteiger partial charge in [-0.2, -0.15) is 4.98 Å². The molecule has 1 amide bonds. The summed E-state index contributed by atoms with van der Waals surface area (Å²) in [6.45, 7) is 5.82. The van der Waals surface area contributed by atoms with Crippen molar-refractivity contribution in [3.63, 3.8) is 0 Å². The number of nitrogens with zero attached hydrogens (tertiary/aromatic N) is 4. The number of aromatic nitrogens is 4. The molecule has 0 radical (unpaired) electrons. The third-order valence-corrected chi connectivity index (χ3v) is 4.84. The minimum absolute atomic E-state index is 0.0787. The van der Waals surface area contributed by atoms with Gasteiger partial charge in [-0.25, -0.2) is 9.50 Å². The van der Waals surface area contributed by atoms with E-state index in [-0.39, 0.29) is 12.3 Å². The molecule has 0 saturated heterocycles. The maximum atomic E-state index is 12.6. The second-order valence-corrected chi connectivity index (χ2v) is 6.81. The van der Waals surface area contributed by atoms with E-state index < -0.39 is 0 Å². The summed E-state index contributed by atoms with van der Waals surface area (Å²) in [7, 11) is 0. The average Bonchev–Trinajstić information content (AvgIpc) is 3.12. The van der Waals surface area contributed by atoms with Crippen molar-refractivity contribution < 1.29 is 4.79 Å². The number of hydrogen-bond donors (Lipinski definition) is 1. The van der Waals surface area contributed by atoms with Crippen LogP contribution in [-0.2, 0) is 11.2 Å². The van der Waals surface area contributed by atoms with Crippen molar-refractivity contribution >= 4 is 17.4 Å². The quantitative estimate of drug-likeness (QED) is 0.591. The van der Waals surface area contributed by atoms with Gasteiger partial charge in [-0.3, -0.25) is 4.79 Å². The zero-order chi connectivity index (χ0) is 19.7. The lowest BCUT2D eigenvalue weighted by molar-refractivity contribution is -0.115. The van der Waals surface area contributed by atoms with Gasteiger partial charge in [0.15, 0.2) is 5.82 Å². The Kier molecular flexibility index (Phi) is 4.61. The summed E-state index contributed by atoms with van der Waals surface area (Å²) in [5.41, 5.74) is 5.31. The molecule has 0 atom stereocenters. The highest BCUT2D eigenvalue weighted by Gasteiger charge is 2.17. The van der Waals surface area contributed by atoms with Gasteiger partial charge in [0.05, 0.1) is 6.42 Å². The third-order valence-electron chi connectivity index (χ3n) is 4.84. The topological polar surface area (TPSA) is 72.2 Å². The van der Waals surface area contributed by atoms with E-state index in [1.807, 2.05) is 75.4 Å². The van der Waals surface area contributed by atoms with Gasteiger partial charge in [-0.1, -0.05) is 48.5 Å². The van der Waals surface area contributed by atoms with Crippen LogP contribution in [0.2, 0.25) is 0 Å². The number of amides is 1. The molecule has 2 aromatic heterocycles. The van der Waals surface area contributed by atoms with Crippen LogP contribution in [0.5, 0.6) is 0 Å². The molecule has 6 nitrogen and oxygen atoms in total. The molecule has 4 rings (SSSR count). The molecule has 0 bridgehead atoms. The zero-order valence-corrected chi connectivity index (χ0v) is 16.1. The number of carbonyl (C=O) groups excluding carboxylic acids is 1. The zero-order valence-electron chi connectivity index (χ0n) is 16.1. The number of benzene rings is 2. The number of carbonyl (C=O) groups is 1. The first-order valence-electron chi connectivity index (χ1n) is 9.16. The largest absolute Gasteiger partial charge is 0.326 e. The highest BCUT2D eigenvalue weighted by atomic mass is 16.1. The average molecular weight is 371 g/mol. The summed E-state index contributed by atoms with van der Waals surface area (Å²) in [5.74, 6) is 1.08. The van der Waals surface area contributed by atoms with Gasteiger partial charge in [0.1, 0.15) is 0 Å². The molecule has 1 N–H and O–H groups in total. The van der Waals surface area contributed by atoms with Crippen LogP contribution in [0.25, 0.3) is 17.2 Å². The van der Waals surface area contributed by atoms with Crippen molar-refractivity contribution in [2.24, 2.45) is 0 Å². The van der Waals surface area contributed by atoms with Crippen molar-refractivity contribution in [3.8, 4) is 11.4 Å². The van der Waals surface area contributed by atoms with Gasteiger partial charge in [0, 0.05) is 28.2 Å². The maximum absolute atomic E-state index is 12.6. The van der Waals surface area contributed by atoms with E-state index in [1.165, 1.54) is 0 Å². The Morgan fingerprint density at radius 3 is 2.43 bits per heavy atom. The van der Waals surface area contributed by atoms with Crippen molar-refractivity contribution in [3.05, 3.63) is 77.1 Å². The lowest BCUT2D eigenvalue weighted by Gasteiger charge is -2.12. The molecule has 6 heteroatoms. The molecule has 0 fully saturated rings. The van der Waals surface area contributed by atoms with Crippen LogP contribution in [0.3, 0.4) is 0 Å². The molecule has 0 aliphatic rings. The lowest BCUT2D eigenvalue weighted by Crippen LogP contribution is -2.18. The van der Waals surface area contributed by atoms with E-state index >= 15 is 0 Å². The van der Waals surface area contributed by atoms with Crippen LogP contribution in [0, 0.1) is 20.8 Å². The molecule has 0 spiro atoms. The first-order chi connectivity index (χ1) is 13.5. The van der Waals surface area contributed by atoms with Gasteiger partial charge < -0.3 is 5.32 Å². The van der Waals surface area contributed by atoms with E-state index in [0.717, 1.165) is 33.8 Å². The Hall–Kier alpha value is -3.54. The standard InChI is InChI=1S/C22H21N5O/c1-14-9-7-8-12-19(14)24-20(28)13-18-15(2)23-22-25-21(26-27(22)16(18)3)17-10-5-4-6-11-17/h4-12H,13H2,1-3H3,(H,24,28). The number of hydrogen-bond acceptors (Lipinski definition) is 4. The molecule has 28 heavy (non-hydrogen) atoms. The number of para-hydroxylation sites is 1. The second-order valence-electron chi connectivity index (χ2n) is 6.81. The molecule has 0 aliphatic carbocycles. The predicted octanol–water partition coefficient (Wildman–Crippen LogP) is 3.90. The summed E-state index contributed by atoms with van der Waals surface area (Å²) in [4.78, 5) is 21.7. The molecule has 0 unspecified atom stereocenters. The molecule has 0 aliphatic heterocycles. The first kappa shape index (κ1) is 17.9. The number of aryl methyl sites for hydroxylation is 3. The number of anilines is 1. The second kappa shape index (κ2) is 7.23. The van der Waals surface area contributed by atoms with Crippen LogP contribution in [0.4, 0.5) is 5.69 Å². The summed E-state index contributed by atoms with van der Waals surface area (Å²) in [5, 5.41) is 7.58. The van der Waals surface area contributed by atoms with Crippen molar-refractivity contribution in [1.82, 2.24) is 19.6 Å². The van der Waals surface area contributed by atoms with Gasteiger partial charge in [-0.05, 0) is 32.4 Å². The Labute approximate surface area is 163 Å². The van der Waals surface area contributed by atoms with Gasteiger partial charge in [-0.15, -0.1) is 5.10 Å². The van der Waals surface area contributed by atoms with Crippen LogP contribution >= 0.6 is 0 Å². The Morgan fingerprint density at radius 2 is 1.68 bits per heavy atom. The van der Waals surface area contributed by atoms with E-state index in [2.05, 4.69) is 20.4 Å². The Morgan fingerprint density at radius 1 is 0.964 bits per heavy atom.